The van der Waals surface area contributed by atoms with E-state index in [2.05, 4.69) is 12.2 Å². The van der Waals surface area contributed by atoms with E-state index in [9.17, 15) is 4.79 Å². The van der Waals surface area contributed by atoms with Gasteiger partial charge in [-0.05, 0) is 56.4 Å². The maximum Gasteiger partial charge on any atom is 0.256 e. The predicted octanol–water partition coefficient (Wildman–Crippen LogP) is 5.05. The van der Waals surface area contributed by atoms with E-state index in [1.54, 1.807) is 0 Å². The average molecular weight is 502 g/mol. The van der Waals surface area contributed by atoms with E-state index in [-0.39, 0.29) is 5.91 Å². The molecule has 5 atom stereocenters. The normalized spacial score (nSPS) is 34.3. The highest BCUT2D eigenvalue weighted by molar-refractivity contribution is 5.94. The van der Waals surface area contributed by atoms with Gasteiger partial charge in [0, 0.05) is 31.4 Å². The summed E-state index contributed by atoms with van der Waals surface area (Å²) in [6, 6.07) is 7.45. The number of carbonyl (C=O) groups excluding carboxylic acids is 1. The molecule has 2 aliphatic carbocycles. The molecule has 0 aromatic heterocycles. The highest BCUT2D eigenvalue weighted by atomic mass is 16.9. The van der Waals surface area contributed by atoms with Gasteiger partial charge in [0.2, 0.25) is 0 Å². The van der Waals surface area contributed by atoms with Crippen LogP contribution in [0.2, 0.25) is 0 Å². The number of ether oxygens (including phenoxy) is 6. The summed E-state index contributed by atoms with van der Waals surface area (Å²) in [5.41, 5.74) is 0.684. The lowest BCUT2D eigenvalue weighted by Gasteiger charge is -2.36. The summed E-state index contributed by atoms with van der Waals surface area (Å²) < 4.78 is 38.2. The van der Waals surface area contributed by atoms with Gasteiger partial charge in [0.1, 0.15) is 24.1 Å². The SMILES string of the molecule is CCCCOc1ccc(NC(=O)C2OC3OC4(CCCCC4)OC3C3OC4(CCCCC4)OC23)cc1. The molecule has 3 aliphatic heterocycles. The van der Waals surface area contributed by atoms with Gasteiger partial charge in [0.05, 0.1) is 6.61 Å². The number of benzene rings is 1. The molecule has 0 radical (unpaired) electrons. The second kappa shape index (κ2) is 10.2. The molecule has 2 spiro atoms. The van der Waals surface area contributed by atoms with Gasteiger partial charge in [-0.3, -0.25) is 4.79 Å². The molecule has 8 heteroatoms. The van der Waals surface area contributed by atoms with Gasteiger partial charge in [-0.15, -0.1) is 0 Å². The van der Waals surface area contributed by atoms with E-state index in [1.165, 1.54) is 12.8 Å². The Balaban J connectivity index is 1.19. The second-order valence-corrected chi connectivity index (χ2v) is 10.9. The molecule has 5 unspecified atom stereocenters. The Morgan fingerprint density at radius 1 is 0.861 bits per heavy atom. The van der Waals surface area contributed by atoms with E-state index in [1.807, 2.05) is 24.3 Å². The topological polar surface area (TPSA) is 84.5 Å². The molecule has 198 valence electrons. The maximum absolute atomic E-state index is 13.5. The molecule has 36 heavy (non-hydrogen) atoms. The summed E-state index contributed by atoms with van der Waals surface area (Å²) in [5.74, 6) is -0.761. The first-order valence-corrected chi connectivity index (χ1v) is 14.0. The van der Waals surface area contributed by atoms with Gasteiger partial charge >= 0.3 is 0 Å². The molecule has 1 N–H and O–H groups in total. The summed E-state index contributed by atoms with van der Waals surface area (Å²) in [6.07, 6.45) is 9.24. The predicted molar refractivity (Wildman–Crippen MR) is 131 cm³/mol. The van der Waals surface area contributed by atoms with Crippen LogP contribution in [0.4, 0.5) is 5.69 Å². The van der Waals surface area contributed by atoms with E-state index in [0.29, 0.717) is 12.3 Å². The largest absolute Gasteiger partial charge is 0.494 e. The van der Waals surface area contributed by atoms with Gasteiger partial charge in [0.15, 0.2) is 24.0 Å². The number of fused-ring (bicyclic) bond motifs is 3. The minimum Gasteiger partial charge on any atom is -0.494 e. The van der Waals surface area contributed by atoms with Crippen molar-refractivity contribution in [2.45, 2.75) is 126 Å². The Labute approximate surface area is 213 Å². The van der Waals surface area contributed by atoms with Crippen molar-refractivity contribution in [2.75, 3.05) is 11.9 Å². The second-order valence-electron chi connectivity index (χ2n) is 10.9. The number of hydrogen-bond acceptors (Lipinski definition) is 7. The molecular formula is C28H39NO7. The van der Waals surface area contributed by atoms with Crippen LogP contribution in [-0.4, -0.2) is 54.8 Å². The first-order valence-electron chi connectivity index (χ1n) is 14.0. The van der Waals surface area contributed by atoms with E-state index < -0.39 is 42.3 Å². The molecule has 3 heterocycles. The van der Waals surface area contributed by atoms with Crippen LogP contribution >= 0.6 is 0 Å². The molecular weight excluding hydrogens is 462 g/mol. The quantitative estimate of drug-likeness (QED) is 0.546. The number of hydrogen-bond donors (Lipinski definition) is 1. The van der Waals surface area contributed by atoms with Gasteiger partial charge in [-0.25, -0.2) is 0 Å². The molecule has 0 bridgehead atoms. The number of carbonyl (C=O) groups is 1. The number of anilines is 1. The van der Waals surface area contributed by atoms with Crippen LogP contribution in [0.1, 0.15) is 84.0 Å². The molecule has 5 aliphatic rings. The van der Waals surface area contributed by atoms with Gasteiger partial charge < -0.3 is 33.7 Å². The highest BCUT2D eigenvalue weighted by Gasteiger charge is 2.65. The zero-order valence-electron chi connectivity index (χ0n) is 21.2. The Hall–Kier alpha value is -1.71. The first-order chi connectivity index (χ1) is 17.6. The number of nitrogens with one attached hydrogen (secondary N) is 1. The summed E-state index contributed by atoms with van der Waals surface area (Å²) in [6.45, 7) is 2.82. The van der Waals surface area contributed by atoms with Crippen LogP contribution in [0, 0.1) is 0 Å². The Morgan fingerprint density at radius 2 is 1.47 bits per heavy atom. The third-order valence-corrected chi connectivity index (χ3v) is 8.26. The summed E-state index contributed by atoms with van der Waals surface area (Å²) in [4.78, 5) is 13.5. The monoisotopic (exact) mass is 501 g/mol. The standard InChI is InChI=1S/C28H39NO7/c1-2-3-18-31-20-12-10-19(11-13-20)29-25(30)23-21-22(34-27(33-21)14-6-4-7-15-27)24-26(32-23)36-28(35-24)16-8-5-9-17-28/h10-13,21-24,26H,2-9,14-18H2,1H3,(H,29,30). The van der Waals surface area contributed by atoms with Crippen molar-refractivity contribution in [1.82, 2.24) is 0 Å². The Morgan fingerprint density at radius 3 is 2.14 bits per heavy atom. The van der Waals surface area contributed by atoms with Gasteiger partial charge in [0.25, 0.3) is 5.91 Å². The summed E-state index contributed by atoms with van der Waals surface area (Å²) in [7, 11) is 0. The van der Waals surface area contributed by atoms with Gasteiger partial charge in [-0.1, -0.05) is 26.2 Å². The minimum absolute atomic E-state index is 0.257. The molecule has 1 amide bonds. The van der Waals surface area contributed by atoms with Crippen LogP contribution in [-0.2, 0) is 28.5 Å². The fourth-order valence-corrected chi connectivity index (χ4v) is 6.35. The maximum atomic E-state index is 13.5. The number of amides is 1. The molecule has 2 saturated carbocycles. The fraction of sp³-hybridized carbons (Fsp3) is 0.750. The fourth-order valence-electron chi connectivity index (χ4n) is 6.35. The molecule has 6 rings (SSSR count). The van der Waals surface area contributed by atoms with Crippen molar-refractivity contribution >= 4 is 11.6 Å². The van der Waals surface area contributed by atoms with Crippen LogP contribution in [0.25, 0.3) is 0 Å². The first kappa shape index (κ1) is 24.6. The lowest BCUT2D eigenvalue weighted by Crippen LogP contribution is -2.58. The van der Waals surface area contributed by atoms with Crippen LogP contribution in [0.3, 0.4) is 0 Å². The molecule has 1 aromatic carbocycles. The van der Waals surface area contributed by atoms with E-state index >= 15 is 0 Å². The Kier molecular flexibility index (Phi) is 6.99. The minimum atomic E-state index is -0.847. The number of rotatable bonds is 6. The molecule has 5 fully saturated rings. The van der Waals surface area contributed by atoms with Crippen molar-refractivity contribution in [3.63, 3.8) is 0 Å². The lowest BCUT2D eigenvalue weighted by atomic mass is 9.94. The number of unbranched alkanes of at least 4 members (excludes halogenated alkanes) is 1. The van der Waals surface area contributed by atoms with Crippen molar-refractivity contribution in [1.29, 1.82) is 0 Å². The van der Waals surface area contributed by atoms with Crippen molar-refractivity contribution in [3.05, 3.63) is 24.3 Å². The molecule has 8 nitrogen and oxygen atoms in total. The van der Waals surface area contributed by atoms with Crippen LogP contribution in [0.15, 0.2) is 24.3 Å². The van der Waals surface area contributed by atoms with E-state index in [4.69, 9.17) is 28.4 Å². The Bertz CT molecular complexity index is 909. The zero-order valence-corrected chi connectivity index (χ0v) is 21.2. The summed E-state index contributed by atoms with van der Waals surface area (Å²) >= 11 is 0. The zero-order chi connectivity index (χ0) is 24.6. The molecule has 1 aromatic rings. The van der Waals surface area contributed by atoms with Crippen LogP contribution in [0.5, 0.6) is 5.75 Å². The summed E-state index contributed by atoms with van der Waals surface area (Å²) in [5, 5.41) is 3.01. The van der Waals surface area contributed by atoms with Crippen molar-refractivity contribution in [3.8, 4) is 5.75 Å². The highest BCUT2D eigenvalue weighted by Crippen LogP contribution is 2.51. The third kappa shape index (κ3) is 4.78. The molecule has 3 saturated heterocycles. The van der Waals surface area contributed by atoms with Crippen LogP contribution < -0.4 is 10.1 Å². The third-order valence-electron chi connectivity index (χ3n) is 8.26. The van der Waals surface area contributed by atoms with Crippen molar-refractivity contribution in [2.24, 2.45) is 0 Å². The lowest BCUT2D eigenvalue weighted by molar-refractivity contribution is -0.246. The average Bonchev–Trinajstić information content (AvgIpc) is 3.43. The van der Waals surface area contributed by atoms with E-state index in [0.717, 1.165) is 70.0 Å². The van der Waals surface area contributed by atoms with Gasteiger partial charge in [-0.2, -0.15) is 0 Å². The smallest absolute Gasteiger partial charge is 0.256 e. The van der Waals surface area contributed by atoms with Crippen molar-refractivity contribution < 1.29 is 33.2 Å².